The van der Waals surface area contributed by atoms with Crippen molar-refractivity contribution in [2.45, 2.75) is 47.5 Å². The van der Waals surface area contributed by atoms with E-state index in [-0.39, 0.29) is 0 Å². The monoisotopic (exact) mass is 521 g/mol. The van der Waals surface area contributed by atoms with Crippen molar-refractivity contribution in [2.24, 2.45) is 11.8 Å². The highest BCUT2D eigenvalue weighted by molar-refractivity contribution is 5.73. The molecule has 4 aromatic carbocycles. The van der Waals surface area contributed by atoms with Crippen LogP contribution in [0.4, 0.5) is 11.4 Å². The summed E-state index contributed by atoms with van der Waals surface area (Å²) in [6.45, 7) is 13.3. The largest absolute Gasteiger partial charge is 0.493 e. The molecule has 0 N–H and O–H groups in total. The molecule has 0 aliphatic rings. The van der Waals surface area contributed by atoms with Crippen molar-refractivity contribution in [1.29, 1.82) is 0 Å². The van der Waals surface area contributed by atoms with Gasteiger partial charge in [0.05, 0.1) is 13.2 Å². The number of hydrogen-bond acceptors (Lipinski definition) is 3. The molecule has 0 aliphatic carbocycles. The zero-order chi connectivity index (χ0) is 27.6. The van der Waals surface area contributed by atoms with E-state index in [0.717, 1.165) is 44.1 Å². The topological polar surface area (TPSA) is 21.7 Å². The van der Waals surface area contributed by atoms with Gasteiger partial charge in [0.15, 0.2) is 0 Å². The van der Waals surface area contributed by atoms with Gasteiger partial charge < -0.3 is 14.4 Å². The summed E-state index contributed by atoms with van der Waals surface area (Å²) in [7, 11) is 0. The molecule has 0 amide bonds. The van der Waals surface area contributed by atoms with Gasteiger partial charge in [0.25, 0.3) is 0 Å². The minimum Gasteiger partial charge on any atom is -0.493 e. The molecule has 4 aromatic rings. The maximum atomic E-state index is 5.95. The molecule has 0 spiro atoms. The Labute approximate surface area is 235 Å². The number of anilines is 2. The van der Waals surface area contributed by atoms with Crippen molar-refractivity contribution in [3.63, 3.8) is 0 Å². The molecule has 0 heterocycles. The molecule has 0 atom stereocenters. The van der Waals surface area contributed by atoms with Gasteiger partial charge in [0, 0.05) is 17.9 Å². The molecule has 0 aromatic heterocycles. The van der Waals surface area contributed by atoms with Gasteiger partial charge in [-0.1, -0.05) is 89.6 Å². The molecule has 204 valence electrons. The molecule has 0 unspecified atom stereocenters. The van der Waals surface area contributed by atoms with Crippen LogP contribution < -0.4 is 14.4 Å². The molecule has 0 saturated carbocycles. The van der Waals surface area contributed by atoms with Gasteiger partial charge in [-0.15, -0.1) is 0 Å². The van der Waals surface area contributed by atoms with E-state index in [1.807, 2.05) is 12.1 Å². The van der Waals surface area contributed by atoms with Gasteiger partial charge in [-0.3, -0.25) is 0 Å². The van der Waals surface area contributed by atoms with Crippen LogP contribution in [0.15, 0.2) is 97.1 Å². The summed E-state index contributed by atoms with van der Waals surface area (Å²) in [5, 5.41) is 0. The summed E-state index contributed by atoms with van der Waals surface area (Å²) < 4.78 is 11.9. The first-order valence-corrected chi connectivity index (χ1v) is 14.4. The van der Waals surface area contributed by atoms with E-state index in [0.29, 0.717) is 11.8 Å². The Morgan fingerprint density at radius 2 is 1.00 bits per heavy atom. The lowest BCUT2D eigenvalue weighted by Gasteiger charge is -2.25. The molecule has 3 heteroatoms. The van der Waals surface area contributed by atoms with Crippen molar-refractivity contribution in [1.82, 2.24) is 0 Å². The van der Waals surface area contributed by atoms with Crippen LogP contribution in [0, 0.1) is 11.8 Å². The molecule has 0 aliphatic heterocycles. The molecule has 3 nitrogen and oxygen atoms in total. The number of hydrogen-bond donors (Lipinski definition) is 0. The minimum atomic E-state index is 0.505. The van der Waals surface area contributed by atoms with Gasteiger partial charge in [-0.25, -0.2) is 0 Å². The number of rotatable bonds is 13. The van der Waals surface area contributed by atoms with Crippen LogP contribution in [0.5, 0.6) is 11.5 Å². The van der Waals surface area contributed by atoms with Gasteiger partial charge >= 0.3 is 0 Å². The zero-order valence-corrected chi connectivity index (χ0v) is 24.2. The van der Waals surface area contributed by atoms with Gasteiger partial charge in [-0.2, -0.15) is 0 Å². The van der Waals surface area contributed by atoms with Crippen molar-refractivity contribution in [2.75, 3.05) is 24.7 Å². The fourth-order valence-corrected chi connectivity index (χ4v) is 4.45. The summed E-state index contributed by atoms with van der Waals surface area (Å²) in [5.74, 6) is 2.86. The quantitative estimate of drug-likeness (QED) is 0.175. The lowest BCUT2D eigenvalue weighted by molar-refractivity contribution is 0.271. The van der Waals surface area contributed by atoms with Gasteiger partial charge in [0.1, 0.15) is 11.5 Å². The SMILES string of the molecule is CCCCN(c1ccc(-c2cccc(OCC(C)C)c2)cc1)c1ccc(-c2cccc(OCC(C)C)c2)cc1. The number of nitrogens with zero attached hydrogens (tertiary/aromatic N) is 1. The molecule has 0 radical (unpaired) electrons. The molecule has 0 fully saturated rings. The number of ether oxygens (including phenoxy) is 2. The Morgan fingerprint density at radius 3 is 1.38 bits per heavy atom. The highest BCUT2D eigenvalue weighted by Gasteiger charge is 2.11. The third-order valence-electron chi connectivity index (χ3n) is 6.59. The van der Waals surface area contributed by atoms with Gasteiger partial charge in [0.2, 0.25) is 0 Å². The van der Waals surface area contributed by atoms with E-state index in [1.54, 1.807) is 0 Å². The zero-order valence-electron chi connectivity index (χ0n) is 24.2. The Hall–Kier alpha value is -3.72. The lowest BCUT2D eigenvalue weighted by atomic mass is 10.0. The Balaban J connectivity index is 1.52. The Morgan fingerprint density at radius 1 is 0.564 bits per heavy atom. The standard InChI is InChI=1S/C36H43NO2/c1-6-7-22-37(33-18-14-29(15-19-33)31-10-8-12-35(23-31)38-25-27(2)3)34-20-16-30(17-21-34)32-11-9-13-36(24-32)39-26-28(4)5/h8-21,23-24,27-28H,6-7,22,25-26H2,1-5H3. The molecule has 4 rings (SSSR count). The summed E-state index contributed by atoms with van der Waals surface area (Å²) in [6, 6.07) is 34.6. The average Bonchev–Trinajstić information content (AvgIpc) is 2.96. The van der Waals surface area contributed by atoms with Crippen LogP contribution in [-0.4, -0.2) is 19.8 Å². The predicted molar refractivity (Wildman–Crippen MR) is 166 cm³/mol. The molecule has 0 bridgehead atoms. The summed E-state index contributed by atoms with van der Waals surface area (Å²) in [4.78, 5) is 2.42. The van der Waals surface area contributed by atoms with Crippen molar-refractivity contribution >= 4 is 11.4 Å². The van der Waals surface area contributed by atoms with Crippen LogP contribution in [0.2, 0.25) is 0 Å². The molecular weight excluding hydrogens is 478 g/mol. The second-order valence-electron chi connectivity index (χ2n) is 11.1. The maximum absolute atomic E-state index is 5.95. The molecular formula is C36H43NO2. The second kappa shape index (κ2) is 13.9. The number of benzene rings is 4. The highest BCUT2D eigenvalue weighted by atomic mass is 16.5. The van der Waals surface area contributed by atoms with Crippen LogP contribution in [-0.2, 0) is 0 Å². The summed E-state index contributed by atoms with van der Waals surface area (Å²) in [6.07, 6.45) is 2.28. The van der Waals surface area contributed by atoms with Crippen molar-refractivity contribution < 1.29 is 9.47 Å². The van der Waals surface area contributed by atoms with Crippen LogP contribution in [0.1, 0.15) is 47.5 Å². The van der Waals surface area contributed by atoms with E-state index in [4.69, 9.17) is 9.47 Å². The number of unbranched alkanes of at least 4 members (excludes halogenated alkanes) is 1. The lowest BCUT2D eigenvalue weighted by Crippen LogP contribution is -2.18. The van der Waals surface area contributed by atoms with Crippen LogP contribution in [0.3, 0.4) is 0 Å². The van der Waals surface area contributed by atoms with Gasteiger partial charge in [-0.05, 0) is 89.0 Å². The van der Waals surface area contributed by atoms with E-state index in [9.17, 15) is 0 Å². The average molecular weight is 522 g/mol. The molecule has 0 saturated heterocycles. The Kier molecular flexibility index (Phi) is 10.1. The van der Waals surface area contributed by atoms with E-state index in [1.165, 1.54) is 33.6 Å². The fourth-order valence-electron chi connectivity index (χ4n) is 4.45. The normalized spacial score (nSPS) is 11.2. The highest BCUT2D eigenvalue weighted by Crippen LogP contribution is 2.32. The van der Waals surface area contributed by atoms with E-state index in [2.05, 4.69) is 124 Å². The third kappa shape index (κ3) is 8.13. The summed E-state index contributed by atoms with van der Waals surface area (Å²) in [5.41, 5.74) is 7.14. The molecule has 39 heavy (non-hydrogen) atoms. The van der Waals surface area contributed by atoms with E-state index >= 15 is 0 Å². The Bertz CT molecular complexity index is 1190. The third-order valence-corrected chi connectivity index (χ3v) is 6.59. The second-order valence-corrected chi connectivity index (χ2v) is 11.1. The van der Waals surface area contributed by atoms with Crippen molar-refractivity contribution in [3.8, 4) is 33.8 Å². The smallest absolute Gasteiger partial charge is 0.119 e. The first kappa shape index (κ1) is 28.3. The first-order valence-electron chi connectivity index (χ1n) is 14.4. The van der Waals surface area contributed by atoms with Crippen LogP contribution >= 0.6 is 0 Å². The van der Waals surface area contributed by atoms with E-state index < -0.39 is 0 Å². The summed E-state index contributed by atoms with van der Waals surface area (Å²) >= 11 is 0. The predicted octanol–water partition coefficient (Wildman–Crippen LogP) is 10.0. The fraction of sp³-hybridized carbons (Fsp3) is 0.333. The maximum Gasteiger partial charge on any atom is 0.119 e. The first-order chi connectivity index (χ1) is 18.9. The van der Waals surface area contributed by atoms with Crippen LogP contribution in [0.25, 0.3) is 22.3 Å². The minimum absolute atomic E-state index is 0.505. The van der Waals surface area contributed by atoms with Crippen molar-refractivity contribution in [3.05, 3.63) is 97.1 Å².